The van der Waals surface area contributed by atoms with E-state index in [1.54, 1.807) is 13.8 Å². The number of hydrogen-bond acceptors (Lipinski definition) is 5. The van der Waals surface area contributed by atoms with Gasteiger partial charge in [0.25, 0.3) is 0 Å². The van der Waals surface area contributed by atoms with E-state index in [2.05, 4.69) is 4.99 Å². The minimum Gasteiger partial charge on any atom is -0.511 e. The van der Waals surface area contributed by atoms with Crippen molar-refractivity contribution in [2.75, 3.05) is 13.7 Å². The zero-order valence-electron chi connectivity index (χ0n) is 11.9. The van der Waals surface area contributed by atoms with Crippen LogP contribution in [0.25, 0.3) is 0 Å². The summed E-state index contributed by atoms with van der Waals surface area (Å²) >= 11 is 0. The molecule has 5 heteroatoms. The molecule has 0 saturated carbocycles. The van der Waals surface area contributed by atoms with Gasteiger partial charge in [-0.15, -0.1) is 0 Å². The lowest BCUT2D eigenvalue weighted by Gasteiger charge is -2.35. The Hall–Kier alpha value is -1.65. The van der Waals surface area contributed by atoms with Gasteiger partial charge < -0.3 is 9.84 Å². The smallest absolute Gasteiger partial charge is 0.316 e. The minimum atomic E-state index is -0.821. The Morgan fingerprint density at radius 2 is 2.21 bits per heavy atom. The third-order valence-electron chi connectivity index (χ3n) is 3.26. The summed E-state index contributed by atoms with van der Waals surface area (Å²) < 4.78 is 4.72. The maximum absolute atomic E-state index is 12.0. The summed E-state index contributed by atoms with van der Waals surface area (Å²) in [4.78, 5) is 27.9. The summed E-state index contributed by atoms with van der Waals surface area (Å²) in [5.41, 5.74) is -0.528. The molecule has 0 amide bonds. The highest BCUT2D eigenvalue weighted by Crippen LogP contribution is 2.41. The number of allylic oxidation sites excluding steroid dienone is 1. The second-order valence-corrected chi connectivity index (χ2v) is 5.38. The largest absolute Gasteiger partial charge is 0.511 e. The number of esters is 1. The third kappa shape index (κ3) is 3.22. The molecule has 106 valence electrons. The van der Waals surface area contributed by atoms with Crippen LogP contribution >= 0.6 is 0 Å². The highest BCUT2D eigenvalue weighted by molar-refractivity contribution is 6.15. The van der Waals surface area contributed by atoms with E-state index in [4.69, 9.17) is 4.74 Å². The van der Waals surface area contributed by atoms with Gasteiger partial charge in [-0.05, 0) is 11.8 Å². The molecular weight excluding hydrogens is 246 g/mol. The Morgan fingerprint density at radius 1 is 1.58 bits per heavy atom. The molecule has 1 unspecified atom stereocenters. The van der Waals surface area contributed by atoms with E-state index in [1.807, 2.05) is 6.92 Å². The number of Topliss-reactive ketones (excluding diaryl/α,β-unsaturated/α-hetero) is 1. The number of ether oxygens (including phenoxy) is 1. The van der Waals surface area contributed by atoms with Crippen LogP contribution in [0, 0.1) is 11.3 Å². The molecule has 0 bridgehead atoms. The first kappa shape index (κ1) is 15.4. The van der Waals surface area contributed by atoms with E-state index in [0.29, 0.717) is 6.54 Å². The van der Waals surface area contributed by atoms with E-state index < -0.39 is 17.3 Å². The number of carbonyl (C=O) groups excluding carboxylic acids is 2. The molecule has 0 fully saturated rings. The first-order chi connectivity index (χ1) is 8.85. The van der Waals surface area contributed by atoms with Crippen molar-refractivity contribution in [3.63, 3.8) is 0 Å². The van der Waals surface area contributed by atoms with Crippen LogP contribution in [0.1, 0.15) is 33.6 Å². The molecule has 5 nitrogen and oxygen atoms in total. The van der Waals surface area contributed by atoms with E-state index in [0.717, 1.165) is 6.42 Å². The van der Waals surface area contributed by atoms with Gasteiger partial charge in [0, 0.05) is 19.2 Å². The van der Waals surface area contributed by atoms with Gasteiger partial charge in [0.15, 0.2) is 5.78 Å². The third-order valence-corrected chi connectivity index (χ3v) is 3.26. The Labute approximate surface area is 113 Å². The fourth-order valence-corrected chi connectivity index (χ4v) is 2.25. The topological polar surface area (TPSA) is 76.0 Å². The van der Waals surface area contributed by atoms with Crippen molar-refractivity contribution >= 4 is 18.0 Å². The maximum atomic E-state index is 12.0. The Bertz CT molecular complexity index is 435. The number of aliphatic hydroxyl groups is 1. The molecule has 0 aromatic heterocycles. The summed E-state index contributed by atoms with van der Waals surface area (Å²) in [6, 6.07) is 0. The zero-order chi connectivity index (χ0) is 14.6. The number of methoxy groups -OCH3 is 1. The van der Waals surface area contributed by atoms with Crippen molar-refractivity contribution in [3.8, 4) is 0 Å². The Morgan fingerprint density at radius 3 is 2.74 bits per heavy atom. The molecule has 0 aromatic rings. The van der Waals surface area contributed by atoms with Gasteiger partial charge in [0.05, 0.1) is 12.7 Å². The van der Waals surface area contributed by atoms with E-state index in [1.165, 1.54) is 13.3 Å². The quantitative estimate of drug-likeness (QED) is 0.625. The van der Waals surface area contributed by atoms with Crippen molar-refractivity contribution < 1.29 is 19.4 Å². The highest BCUT2D eigenvalue weighted by Gasteiger charge is 2.46. The molecule has 1 aliphatic rings. The van der Waals surface area contributed by atoms with Crippen LogP contribution in [0.5, 0.6) is 0 Å². The number of rotatable bonds is 4. The molecule has 0 aromatic carbocycles. The molecule has 1 aliphatic carbocycles. The summed E-state index contributed by atoms with van der Waals surface area (Å²) in [6.07, 6.45) is 2.40. The van der Waals surface area contributed by atoms with Crippen LogP contribution in [0.2, 0.25) is 0 Å². The van der Waals surface area contributed by atoms with Gasteiger partial charge in [-0.1, -0.05) is 20.8 Å². The molecule has 19 heavy (non-hydrogen) atoms. The SMILES string of the molecule is CCCN=CC1=C(O)C(C(=O)OC)C(C)(C)CC1=O. The second kappa shape index (κ2) is 5.99. The molecule has 1 N–H and O–H groups in total. The lowest BCUT2D eigenvalue weighted by molar-refractivity contribution is -0.150. The average molecular weight is 267 g/mol. The van der Waals surface area contributed by atoms with Crippen molar-refractivity contribution in [2.45, 2.75) is 33.6 Å². The number of aliphatic hydroxyl groups excluding tert-OH is 1. The van der Waals surface area contributed by atoms with E-state index in [-0.39, 0.29) is 23.5 Å². The number of carbonyl (C=O) groups is 2. The average Bonchev–Trinajstić information content (AvgIpc) is 2.31. The van der Waals surface area contributed by atoms with Crippen LogP contribution in [-0.2, 0) is 14.3 Å². The summed E-state index contributed by atoms with van der Waals surface area (Å²) in [5.74, 6) is -1.77. The lowest BCUT2D eigenvalue weighted by Crippen LogP contribution is -2.40. The van der Waals surface area contributed by atoms with Gasteiger partial charge in [-0.25, -0.2) is 0 Å². The fourth-order valence-electron chi connectivity index (χ4n) is 2.25. The molecule has 0 radical (unpaired) electrons. The predicted octanol–water partition coefficient (Wildman–Crippen LogP) is 2.07. The van der Waals surface area contributed by atoms with Gasteiger partial charge in [0.1, 0.15) is 11.7 Å². The van der Waals surface area contributed by atoms with Crippen molar-refractivity contribution in [1.82, 2.24) is 0 Å². The summed E-state index contributed by atoms with van der Waals surface area (Å²) in [6.45, 7) is 6.08. The molecule has 1 rings (SSSR count). The van der Waals surface area contributed by atoms with Gasteiger partial charge in [-0.2, -0.15) is 0 Å². The Balaban J connectivity index is 3.19. The standard InChI is InChI=1S/C14H21NO4/c1-5-6-15-8-9-10(16)7-14(2,3)11(12(9)17)13(18)19-4/h8,11,17H,5-7H2,1-4H3. The predicted molar refractivity (Wildman–Crippen MR) is 72.2 cm³/mol. The van der Waals surface area contributed by atoms with Crippen LogP contribution in [0.3, 0.4) is 0 Å². The fraction of sp³-hybridized carbons (Fsp3) is 0.643. The van der Waals surface area contributed by atoms with E-state index >= 15 is 0 Å². The van der Waals surface area contributed by atoms with Crippen molar-refractivity contribution in [2.24, 2.45) is 16.3 Å². The molecule has 0 saturated heterocycles. The Kier molecular flexibility index (Phi) is 4.86. The number of nitrogens with zero attached hydrogens (tertiary/aromatic N) is 1. The summed E-state index contributed by atoms with van der Waals surface area (Å²) in [7, 11) is 1.27. The normalized spacial score (nSPS) is 22.9. The molecular formula is C14H21NO4. The van der Waals surface area contributed by atoms with Crippen LogP contribution in [0.4, 0.5) is 0 Å². The van der Waals surface area contributed by atoms with Gasteiger partial charge >= 0.3 is 5.97 Å². The summed E-state index contributed by atoms with van der Waals surface area (Å²) in [5, 5.41) is 10.2. The minimum absolute atomic E-state index is 0.128. The van der Waals surface area contributed by atoms with Crippen LogP contribution in [-0.4, -0.2) is 36.7 Å². The molecule has 0 spiro atoms. The molecule has 1 atom stereocenters. The molecule has 0 aliphatic heterocycles. The maximum Gasteiger partial charge on any atom is 0.316 e. The monoisotopic (exact) mass is 267 g/mol. The second-order valence-electron chi connectivity index (χ2n) is 5.38. The van der Waals surface area contributed by atoms with E-state index in [9.17, 15) is 14.7 Å². The van der Waals surface area contributed by atoms with Crippen LogP contribution in [0.15, 0.2) is 16.3 Å². The van der Waals surface area contributed by atoms with Gasteiger partial charge in [-0.3, -0.25) is 14.6 Å². The van der Waals surface area contributed by atoms with Crippen molar-refractivity contribution in [3.05, 3.63) is 11.3 Å². The van der Waals surface area contributed by atoms with Gasteiger partial charge in [0.2, 0.25) is 0 Å². The molecule has 0 heterocycles. The first-order valence-corrected chi connectivity index (χ1v) is 6.39. The van der Waals surface area contributed by atoms with Crippen LogP contribution < -0.4 is 0 Å². The lowest BCUT2D eigenvalue weighted by atomic mass is 9.68. The number of aliphatic imine (C=N–C) groups is 1. The number of ketones is 1. The number of hydrogen-bond donors (Lipinski definition) is 1. The highest BCUT2D eigenvalue weighted by atomic mass is 16.5. The zero-order valence-corrected chi connectivity index (χ0v) is 11.9. The first-order valence-electron chi connectivity index (χ1n) is 6.39. The van der Waals surface area contributed by atoms with Crippen molar-refractivity contribution in [1.29, 1.82) is 0 Å².